The van der Waals surface area contributed by atoms with Crippen LogP contribution < -0.4 is 14.8 Å². The summed E-state index contributed by atoms with van der Waals surface area (Å²) in [4.78, 5) is 22.6. The topological polar surface area (TPSA) is 128 Å². The summed E-state index contributed by atoms with van der Waals surface area (Å²) in [7, 11) is -3.60. The zero-order chi connectivity index (χ0) is 22.4. The van der Waals surface area contributed by atoms with Gasteiger partial charge in [0.1, 0.15) is 5.75 Å². The van der Waals surface area contributed by atoms with Gasteiger partial charge in [-0.1, -0.05) is 25.3 Å². The molecule has 0 spiro atoms. The summed E-state index contributed by atoms with van der Waals surface area (Å²) >= 11 is 0. The average molecular weight is 448 g/mol. The summed E-state index contributed by atoms with van der Waals surface area (Å²) in [5.74, 6) is -0.151. The Labute approximate surface area is 181 Å². The van der Waals surface area contributed by atoms with Gasteiger partial charge in [-0.2, -0.15) is 0 Å². The Balaban J connectivity index is 1.56. The standard InChI is InChI=1S/C21H25N3O6S/c1-15-7-8-17(24(26)27)13-20(15)22-21(25)14-30-18-9-11-19(12-10-18)31(28,29)23-16-5-3-2-4-6-16/h7-13,16,23H,2-6,14H2,1H3,(H,22,25). The largest absolute Gasteiger partial charge is 0.484 e. The van der Waals surface area contributed by atoms with E-state index in [1.165, 1.54) is 36.4 Å². The van der Waals surface area contributed by atoms with Crippen molar-refractivity contribution in [1.82, 2.24) is 4.72 Å². The molecular weight excluding hydrogens is 422 g/mol. The fourth-order valence-corrected chi connectivity index (χ4v) is 4.72. The van der Waals surface area contributed by atoms with Gasteiger partial charge in [0.05, 0.1) is 15.5 Å². The van der Waals surface area contributed by atoms with E-state index in [2.05, 4.69) is 10.0 Å². The van der Waals surface area contributed by atoms with Crippen LogP contribution in [0.1, 0.15) is 37.7 Å². The Morgan fingerprint density at radius 1 is 1.13 bits per heavy atom. The number of rotatable bonds is 8. The number of nitrogens with zero attached hydrogens (tertiary/aromatic N) is 1. The summed E-state index contributed by atoms with van der Waals surface area (Å²) in [6.07, 6.45) is 4.88. The van der Waals surface area contributed by atoms with Gasteiger partial charge in [-0.25, -0.2) is 13.1 Å². The van der Waals surface area contributed by atoms with Crippen molar-refractivity contribution in [2.24, 2.45) is 0 Å². The Kier molecular flexibility index (Phi) is 7.24. The van der Waals surface area contributed by atoms with Crippen molar-refractivity contribution < 1.29 is 22.9 Å². The molecule has 0 aliphatic heterocycles. The van der Waals surface area contributed by atoms with Crippen molar-refractivity contribution in [2.45, 2.75) is 50.0 Å². The molecule has 3 rings (SSSR count). The van der Waals surface area contributed by atoms with Crippen LogP contribution in [0.4, 0.5) is 11.4 Å². The first-order chi connectivity index (χ1) is 14.7. The predicted octanol–water partition coefficient (Wildman–Crippen LogP) is 3.53. The SMILES string of the molecule is Cc1ccc([N+](=O)[O-])cc1NC(=O)COc1ccc(S(=O)(=O)NC2CCCCC2)cc1. The van der Waals surface area contributed by atoms with E-state index < -0.39 is 20.9 Å². The molecule has 166 valence electrons. The molecule has 1 aliphatic rings. The van der Waals surface area contributed by atoms with Gasteiger partial charge in [0, 0.05) is 18.2 Å². The lowest BCUT2D eigenvalue weighted by atomic mass is 9.96. The minimum atomic E-state index is -3.60. The first-order valence-corrected chi connectivity index (χ1v) is 11.5. The number of sulfonamides is 1. The van der Waals surface area contributed by atoms with E-state index >= 15 is 0 Å². The van der Waals surface area contributed by atoms with Gasteiger partial charge < -0.3 is 10.1 Å². The summed E-state index contributed by atoms with van der Waals surface area (Å²) in [5, 5.41) is 13.5. The molecule has 1 amide bonds. The molecule has 1 aliphatic carbocycles. The first kappa shape index (κ1) is 22.7. The molecule has 9 nitrogen and oxygen atoms in total. The lowest BCUT2D eigenvalue weighted by Crippen LogP contribution is -2.36. The second-order valence-corrected chi connectivity index (χ2v) is 9.23. The summed E-state index contributed by atoms with van der Waals surface area (Å²) in [6, 6.07) is 10.0. The highest BCUT2D eigenvalue weighted by atomic mass is 32.2. The van der Waals surface area contributed by atoms with Crippen LogP contribution in [0, 0.1) is 17.0 Å². The number of benzene rings is 2. The van der Waals surface area contributed by atoms with Gasteiger partial charge in [0.2, 0.25) is 10.0 Å². The molecule has 1 saturated carbocycles. The molecule has 31 heavy (non-hydrogen) atoms. The number of hydrogen-bond acceptors (Lipinski definition) is 6. The van der Waals surface area contributed by atoms with E-state index in [4.69, 9.17) is 4.74 Å². The van der Waals surface area contributed by atoms with E-state index in [0.29, 0.717) is 17.0 Å². The number of ether oxygens (including phenoxy) is 1. The number of aryl methyl sites for hydroxylation is 1. The quantitative estimate of drug-likeness (QED) is 0.471. The summed E-state index contributed by atoms with van der Waals surface area (Å²) in [5.41, 5.74) is 0.887. The van der Waals surface area contributed by atoms with Crippen molar-refractivity contribution in [2.75, 3.05) is 11.9 Å². The van der Waals surface area contributed by atoms with Crippen molar-refractivity contribution in [1.29, 1.82) is 0 Å². The molecule has 0 heterocycles. The third-order valence-corrected chi connectivity index (χ3v) is 6.67. The van der Waals surface area contributed by atoms with Gasteiger partial charge in [0.25, 0.3) is 11.6 Å². The van der Waals surface area contributed by atoms with Crippen molar-refractivity contribution in [3.63, 3.8) is 0 Å². The van der Waals surface area contributed by atoms with E-state index in [1.807, 2.05) is 0 Å². The fourth-order valence-electron chi connectivity index (χ4n) is 3.42. The van der Waals surface area contributed by atoms with E-state index in [1.54, 1.807) is 13.0 Å². The smallest absolute Gasteiger partial charge is 0.271 e. The lowest BCUT2D eigenvalue weighted by molar-refractivity contribution is -0.384. The number of anilines is 1. The van der Waals surface area contributed by atoms with Crippen molar-refractivity contribution >= 4 is 27.3 Å². The van der Waals surface area contributed by atoms with Crippen molar-refractivity contribution in [3.8, 4) is 5.75 Å². The van der Waals surface area contributed by atoms with Crippen LogP contribution in [0.2, 0.25) is 0 Å². The molecule has 2 aromatic rings. The Morgan fingerprint density at radius 2 is 1.81 bits per heavy atom. The number of non-ortho nitro benzene ring substituents is 1. The maximum absolute atomic E-state index is 12.5. The Morgan fingerprint density at radius 3 is 2.45 bits per heavy atom. The van der Waals surface area contributed by atoms with Crippen LogP contribution in [0.15, 0.2) is 47.4 Å². The molecule has 2 N–H and O–H groups in total. The molecule has 1 fully saturated rings. The number of nitro groups is 1. The second-order valence-electron chi connectivity index (χ2n) is 7.52. The monoisotopic (exact) mass is 447 g/mol. The number of nitro benzene ring substituents is 1. The van der Waals surface area contributed by atoms with Crippen LogP contribution >= 0.6 is 0 Å². The maximum Gasteiger partial charge on any atom is 0.271 e. The maximum atomic E-state index is 12.5. The molecule has 0 saturated heterocycles. The van der Waals surface area contributed by atoms with Gasteiger partial charge >= 0.3 is 0 Å². The van der Waals surface area contributed by atoms with Crippen LogP contribution in [0.25, 0.3) is 0 Å². The Hall–Kier alpha value is -2.98. The van der Waals surface area contributed by atoms with Gasteiger partial charge in [-0.05, 0) is 49.6 Å². The number of amides is 1. The van der Waals surface area contributed by atoms with Crippen LogP contribution in [-0.2, 0) is 14.8 Å². The fraction of sp³-hybridized carbons (Fsp3) is 0.381. The third kappa shape index (κ3) is 6.25. The van der Waals surface area contributed by atoms with Gasteiger partial charge in [-0.15, -0.1) is 0 Å². The third-order valence-electron chi connectivity index (χ3n) is 5.14. The molecule has 0 bridgehead atoms. The first-order valence-electron chi connectivity index (χ1n) is 10.0. The molecular formula is C21H25N3O6S. The van der Waals surface area contributed by atoms with E-state index in [0.717, 1.165) is 32.1 Å². The normalized spacial score (nSPS) is 14.7. The van der Waals surface area contributed by atoms with E-state index in [9.17, 15) is 23.3 Å². The average Bonchev–Trinajstić information content (AvgIpc) is 2.74. The highest BCUT2D eigenvalue weighted by molar-refractivity contribution is 7.89. The zero-order valence-corrected chi connectivity index (χ0v) is 18.0. The molecule has 0 radical (unpaired) electrons. The highest BCUT2D eigenvalue weighted by Crippen LogP contribution is 2.23. The number of hydrogen-bond donors (Lipinski definition) is 2. The summed E-state index contributed by atoms with van der Waals surface area (Å²) < 4.78 is 33.2. The Bertz CT molecular complexity index is 1050. The number of carbonyl (C=O) groups is 1. The van der Waals surface area contributed by atoms with Crippen molar-refractivity contribution in [3.05, 3.63) is 58.1 Å². The minimum Gasteiger partial charge on any atom is -0.484 e. The summed E-state index contributed by atoms with van der Waals surface area (Å²) in [6.45, 7) is 1.40. The molecule has 0 aromatic heterocycles. The molecule has 2 aromatic carbocycles. The minimum absolute atomic E-state index is 0.0318. The molecule has 0 unspecified atom stereocenters. The van der Waals surface area contributed by atoms with Gasteiger partial charge in [0.15, 0.2) is 6.61 Å². The van der Waals surface area contributed by atoms with E-state index in [-0.39, 0.29) is 23.2 Å². The molecule has 10 heteroatoms. The van der Waals surface area contributed by atoms with Gasteiger partial charge in [-0.3, -0.25) is 14.9 Å². The zero-order valence-electron chi connectivity index (χ0n) is 17.2. The molecule has 0 atom stereocenters. The number of nitrogens with one attached hydrogen (secondary N) is 2. The lowest BCUT2D eigenvalue weighted by Gasteiger charge is -2.22. The highest BCUT2D eigenvalue weighted by Gasteiger charge is 2.21. The van der Waals surface area contributed by atoms with Crippen LogP contribution in [0.5, 0.6) is 5.75 Å². The predicted molar refractivity (Wildman–Crippen MR) is 116 cm³/mol. The second kappa shape index (κ2) is 9.88. The number of carbonyl (C=O) groups excluding carboxylic acids is 1. The van der Waals surface area contributed by atoms with Crippen LogP contribution in [-0.4, -0.2) is 31.9 Å². The van der Waals surface area contributed by atoms with Crippen LogP contribution in [0.3, 0.4) is 0 Å².